The summed E-state index contributed by atoms with van der Waals surface area (Å²) in [5.41, 5.74) is 12.9. The van der Waals surface area contributed by atoms with E-state index >= 15 is 0 Å². The van der Waals surface area contributed by atoms with Crippen LogP contribution in [0.2, 0.25) is 0 Å². The van der Waals surface area contributed by atoms with Crippen molar-refractivity contribution in [1.29, 1.82) is 0 Å². The van der Waals surface area contributed by atoms with E-state index < -0.39 is 0 Å². The molecule has 0 atom stereocenters. The van der Waals surface area contributed by atoms with Crippen molar-refractivity contribution in [2.45, 2.75) is 0 Å². The van der Waals surface area contributed by atoms with Crippen molar-refractivity contribution in [2.75, 3.05) is 0 Å². The average Bonchev–Trinajstić information content (AvgIpc) is 3.19. The Bertz CT molecular complexity index is 2400. The van der Waals surface area contributed by atoms with Gasteiger partial charge in [-0.1, -0.05) is 78.9 Å². The molecule has 0 aliphatic heterocycles. The summed E-state index contributed by atoms with van der Waals surface area (Å²) in [6.07, 6.45) is 10.9. The smallest absolute Gasteiger partial charge is 0.132 e. The van der Waals surface area contributed by atoms with Gasteiger partial charge in [-0.2, -0.15) is 0 Å². The van der Waals surface area contributed by atoms with Crippen molar-refractivity contribution in [3.63, 3.8) is 0 Å². The Morgan fingerprint density at radius 2 is 0.740 bits per heavy atom. The molecule has 0 spiro atoms. The van der Waals surface area contributed by atoms with Gasteiger partial charge in [0.15, 0.2) is 0 Å². The largest absolute Gasteiger partial charge is 0.507 e. The van der Waals surface area contributed by atoms with Crippen molar-refractivity contribution in [2.24, 2.45) is 0 Å². The maximum Gasteiger partial charge on any atom is 0.132 e. The second kappa shape index (κ2) is 15.5. The Balaban J connectivity index is 0.00000392. The number of nitrogens with zero attached hydrogens (tertiary/aromatic N) is 4. The van der Waals surface area contributed by atoms with Gasteiger partial charge in [-0.15, -0.1) is 0 Å². The van der Waals surface area contributed by atoms with Crippen molar-refractivity contribution in [3.05, 3.63) is 177 Å². The zero-order valence-electron chi connectivity index (χ0n) is 27.5. The first-order chi connectivity index (χ1) is 24.2. The van der Waals surface area contributed by atoms with E-state index in [-0.39, 0.29) is 74.6 Å². The number of hydrogen-bond acceptors (Lipinski definition) is 5. The molecule has 4 aromatic carbocycles. The van der Waals surface area contributed by atoms with E-state index in [2.05, 4.69) is 81.7 Å². The number of phenolic OH excluding ortho intramolecular Hbond substituents is 1. The minimum atomic E-state index is 0. The fraction of sp³-hybridized carbons (Fsp3) is 0. The Labute approximate surface area is 350 Å². The normalized spacial score (nSPS) is 10.7. The van der Waals surface area contributed by atoms with Gasteiger partial charge in [-0.3, -0.25) is 15.0 Å². The molecule has 5 nitrogen and oxygen atoms in total. The zero-order chi connectivity index (χ0) is 33.0. The minimum Gasteiger partial charge on any atom is -0.507 e. The second-order valence-electron chi connectivity index (χ2n) is 11.8. The van der Waals surface area contributed by atoms with Crippen LogP contribution in [0.1, 0.15) is 0 Å². The van der Waals surface area contributed by atoms with Gasteiger partial charge in [0, 0.05) is 139 Å². The van der Waals surface area contributed by atoms with E-state index in [1.54, 1.807) is 18.6 Å². The molecule has 0 fully saturated rings. The molecular formula is C44H30CsN4O. The third-order valence-corrected chi connectivity index (χ3v) is 8.65. The van der Waals surface area contributed by atoms with E-state index in [0.29, 0.717) is 11.3 Å². The fourth-order valence-electron chi connectivity index (χ4n) is 6.17. The van der Waals surface area contributed by atoms with Gasteiger partial charge in [-0.25, -0.2) is 4.98 Å². The van der Waals surface area contributed by atoms with Crippen LogP contribution < -0.4 is 0 Å². The van der Waals surface area contributed by atoms with E-state index in [1.807, 2.05) is 91.4 Å². The van der Waals surface area contributed by atoms with Crippen molar-refractivity contribution < 1.29 is 5.11 Å². The van der Waals surface area contributed by atoms with E-state index in [9.17, 15) is 5.11 Å². The summed E-state index contributed by atoms with van der Waals surface area (Å²) < 4.78 is 0. The second-order valence-corrected chi connectivity index (χ2v) is 11.8. The summed E-state index contributed by atoms with van der Waals surface area (Å²) in [6.45, 7) is 0. The number of aromatic nitrogens is 4. The predicted molar refractivity (Wildman–Crippen MR) is 203 cm³/mol. The number of aromatic hydroxyl groups is 1. The monoisotopic (exact) mass is 763 g/mol. The Hall–Kier alpha value is -4.67. The molecule has 233 valence electrons. The van der Waals surface area contributed by atoms with Gasteiger partial charge in [0.2, 0.25) is 0 Å². The SMILES string of the molecule is Oc1c(-c2cccc(-c3cccnc3)c2)cc(-c2cccc(-c3cccnc3)c2)cc1-c1cccc(-c2cccc(-c3cccnc3)c2)n1.[Cs]. The summed E-state index contributed by atoms with van der Waals surface area (Å²) in [6, 6.07) is 46.9. The number of rotatable bonds is 7. The van der Waals surface area contributed by atoms with Crippen LogP contribution in [0.25, 0.3) is 78.1 Å². The Kier molecular flexibility index (Phi) is 10.5. The third kappa shape index (κ3) is 7.27. The van der Waals surface area contributed by atoms with Crippen LogP contribution >= 0.6 is 0 Å². The van der Waals surface area contributed by atoms with Gasteiger partial charge >= 0.3 is 0 Å². The molecule has 8 aromatic rings. The average molecular weight is 764 g/mol. The molecule has 8 rings (SSSR count). The molecule has 6 heteroatoms. The first-order valence-corrected chi connectivity index (χ1v) is 16.1. The van der Waals surface area contributed by atoms with Gasteiger partial charge in [0.1, 0.15) is 5.75 Å². The van der Waals surface area contributed by atoms with Crippen LogP contribution in [0.15, 0.2) is 177 Å². The number of benzene rings is 4. The van der Waals surface area contributed by atoms with E-state index in [0.717, 1.165) is 66.9 Å². The molecule has 50 heavy (non-hydrogen) atoms. The maximum atomic E-state index is 12.0. The number of phenols is 1. The first-order valence-electron chi connectivity index (χ1n) is 16.1. The summed E-state index contributed by atoms with van der Waals surface area (Å²) >= 11 is 0. The molecule has 0 saturated heterocycles. The molecule has 1 N–H and O–H groups in total. The summed E-state index contributed by atoms with van der Waals surface area (Å²) in [7, 11) is 0. The Morgan fingerprint density at radius 3 is 1.28 bits per heavy atom. The molecule has 0 aliphatic rings. The standard InChI is InChI=1S/C44H30N4O.Cs/c49-44-40(34-12-2-9-31(23-34)37-15-6-20-46-28-37)25-39(33-11-1-8-30(22-33)36-14-5-19-45-27-36)26-41(44)43-18-4-17-42(48-43)35-13-3-10-32(24-35)38-16-7-21-47-29-38;/h1-29,49H;. The first kappa shape index (κ1) is 33.8. The fourth-order valence-corrected chi connectivity index (χ4v) is 6.17. The molecule has 0 unspecified atom stereocenters. The van der Waals surface area contributed by atoms with Crippen LogP contribution in [0.3, 0.4) is 0 Å². The molecule has 0 saturated carbocycles. The van der Waals surface area contributed by atoms with Crippen LogP contribution in [-0.2, 0) is 0 Å². The van der Waals surface area contributed by atoms with Gasteiger partial charge in [0.25, 0.3) is 0 Å². The van der Waals surface area contributed by atoms with Crippen LogP contribution in [0.4, 0.5) is 0 Å². The summed E-state index contributed by atoms with van der Waals surface area (Å²) in [4.78, 5) is 18.0. The van der Waals surface area contributed by atoms with Gasteiger partial charge in [-0.05, 0) is 94.0 Å². The quantitative estimate of drug-likeness (QED) is 0.175. The Morgan fingerprint density at radius 1 is 0.340 bits per heavy atom. The molecule has 0 amide bonds. The molecule has 0 bridgehead atoms. The van der Waals surface area contributed by atoms with E-state index in [4.69, 9.17) is 4.98 Å². The van der Waals surface area contributed by atoms with Crippen LogP contribution in [0, 0.1) is 0 Å². The molecule has 0 aliphatic carbocycles. The topological polar surface area (TPSA) is 71.8 Å². The molecule has 1 radical (unpaired) electrons. The van der Waals surface area contributed by atoms with Gasteiger partial charge < -0.3 is 5.11 Å². The molecule has 4 heterocycles. The summed E-state index contributed by atoms with van der Waals surface area (Å²) in [5, 5.41) is 12.0. The van der Waals surface area contributed by atoms with Crippen LogP contribution in [-0.4, -0.2) is 93.9 Å². The van der Waals surface area contributed by atoms with Crippen LogP contribution in [0.5, 0.6) is 5.75 Å². The summed E-state index contributed by atoms with van der Waals surface area (Å²) in [5.74, 6) is 0.171. The molecule has 4 aromatic heterocycles. The van der Waals surface area contributed by atoms with Crippen molar-refractivity contribution in [3.8, 4) is 83.9 Å². The van der Waals surface area contributed by atoms with Gasteiger partial charge in [0.05, 0.1) is 11.4 Å². The predicted octanol–water partition coefficient (Wildman–Crippen LogP) is 10.3. The maximum absolute atomic E-state index is 12.0. The number of hydrogen-bond donors (Lipinski definition) is 1. The number of pyridine rings is 4. The molecular weight excluding hydrogens is 733 g/mol. The van der Waals surface area contributed by atoms with E-state index in [1.165, 1.54) is 0 Å². The van der Waals surface area contributed by atoms with Crippen molar-refractivity contribution in [1.82, 2.24) is 19.9 Å². The van der Waals surface area contributed by atoms with Crippen molar-refractivity contribution >= 4 is 68.9 Å². The minimum absolute atomic E-state index is 0. The zero-order valence-corrected chi connectivity index (χ0v) is 33.8. The third-order valence-electron chi connectivity index (χ3n) is 8.65.